The van der Waals surface area contributed by atoms with Gasteiger partial charge in [0, 0.05) is 12.4 Å². The number of para-hydroxylation sites is 1. The summed E-state index contributed by atoms with van der Waals surface area (Å²) in [6.07, 6.45) is 6.67. The highest BCUT2D eigenvalue weighted by molar-refractivity contribution is 7.91. The summed E-state index contributed by atoms with van der Waals surface area (Å²) < 4.78 is 46.3. The van der Waals surface area contributed by atoms with Crippen LogP contribution in [0.1, 0.15) is 26.2 Å². The van der Waals surface area contributed by atoms with Gasteiger partial charge in [0.25, 0.3) is 0 Å². The predicted octanol–water partition coefficient (Wildman–Crippen LogP) is 5.10. The molecule has 0 fully saturated rings. The fraction of sp³-hybridized carbons (Fsp3) is 0.250. The standard InChI is InChI=1S/C24H25FN6O3S/c1-3-4-5-11-35(32,33)20-8-6-7-18(25)23(20)34-16-9-10-19-17(12-16)24(30-15-29-19)31-22-14-27-21(26-2)13-28-22/h6-10,12-15H,3-5,11H2,1-2H3,(H,26,27)(H,28,29,30,31). The SMILES string of the molecule is CCCCCS(=O)(=O)c1cccc(F)c1Oc1ccc2ncnc(Nc3cnc(NC)cn3)c2c1. The van der Waals surface area contributed by atoms with Crippen molar-refractivity contribution in [2.24, 2.45) is 0 Å². The summed E-state index contributed by atoms with van der Waals surface area (Å²) >= 11 is 0. The fourth-order valence-corrected chi connectivity index (χ4v) is 4.96. The lowest BCUT2D eigenvalue weighted by molar-refractivity contribution is 0.428. The molecule has 11 heteroatoms. The summed E-state index contributed by atoms with van der Waals surface area (Å²) in [5.74, 6) is 0.588. The van der Waals surface area contributed by atoms with Crippen molar-refractivity contribution in [3.63, 3.8) is 0 Å². The van der Waals surface area contributed by atoms with Crippen LogP contribution in [0.3, 0.4) is 0 Å². The maximum absolute atomic E-state index is 14.8. The number of fused-ring (bicyclic) bond motifs is 1. The molecule has 4 aromatic rings. The number of aromatic nitrogens is 4. The van der Waals surface area contributed by atoms with Crippen LogP contribution in [-0.4, -0.2) is 41.2 Å². The van der Waals surface area contributed by atoms with Gasteiger partial charge in [-0.05, 0) is 36.8 Å². The second-order valence-corrected chi connectivity index (χ2v) is 9.84. The highest BCUT2D eigenvalue weighted by atomic mass is 32.2. The maximum Gasteiger partial charge on any atom is 0.182 e. The van der Waals surface area contributed by atoms with E-state index in [9.17, 15) is 12.8 Å². The molecule has 2 aromatic carbocycles. The van der Waals surface area contributed by atoms with Crippen LogP contribution >= 0.6 is 0 Å². The molecule has 4 rings (SSSR count). The van der Waals surface area contributed by atoms with Crippen molar-refractivity contribution in [1.82, 2.24) is 19.9 Å². The second kappa shape index (κ2) is 10.6. The minimum atomic E-state index is -3.73. The van der Waals surface area contributed by atoms with Crippen LogP contribution in [0.25, 0.3) is 10.9 Å². The first-order chi connectivity index (χ1) is 16.9. The normalized spacial score (nSPS) is 11.4. The lowest BCUT2D eigenvalue weighted by Crippen LogP contribution is -2.09. The zero-order chi connectivity index (χ0) is 24.8. The van der Waals surface area contributed by atoms with Crippen molar-refractivity contribution in [3.05, 3.63) is 60.9 Å². The molecule has 0 aliphatic carbocycles. The van der Waals surface area contributed by atoms with Gasteiger partial charge in [-0.3, -0.25) is 0 Å². The third kappa shape index (κ3) is 5.62. The molecule has 2 heterocycles. The van der Waals surface area contributed by atoms with Crippen LogP contribution in [-0.2, 0) is 9.84 Å². The third-order valence-electron chi connectivity index (χ3n) is 5.26. The third-order valence-corrected chi connectivity index (χ3v) is 7.08. The molecule has 0 saturated carbocycles. The summed E-state index contributed by atoms with van der Waals surface area (Å²) in [5.41, 5.74) is 0.607. The molecule has 0 aliphatic heterocycles. The van der Waals surface area contributed by atoms with Crippen molar-refractivity contribution in [3.8, 4) is 11.5 Å². The van der Waals surface area contributed by atoms with Gasteiger partial charge in [0.05, 0.1) is 23.7 Å². The average molecular weight is 497 g/mol. The molecule has 0 bridgehead atoms. The summed E-state index contributed by atoms with van der Waals surface area (Å²) in [6.45, 7) is 1.99. The van der Waals surface area contributed by atoms with E-state index in [-0.39, 0.29) is 22.1 Å². The van der Waals surface area contributed by atoms with Gasteiger partial charge in [0.15, 0.2) is 21.4 Å². The van der Waals surface area contributed by atoms with E-state index in [1.807, 2.05) is 6.92 Å². The monoisotopic (exact) mass is 496 g/mol. The molecule has 9 nitrogen and oxygen atoms in total. The number of hydrogen-bond donors (Lipinski definition) is 2. The first-order valence-corrected chi connectivity index (χ1v) is 12.8. The highest BCUT2D eigenvalue weighted by Crippen LogP contribution is 2.34. The Morgan fingerprint density at radius 3 is 2.54 bits per heavy atom. The summed E-state index contributed by atoms with van der Waals surface area (Å²) in [6, 6.07) is 8.80. The number of nitrogens with zero attached hydrogens (tertiary/aromatic N) is 4. The lowest BCUT2D eigenvalue weighted by atomic mass is 10.2. The average Bonchev–Trinajstić information content (AvgIpc) is 2.86. The number of halogens is 1. The van der Waals surface area contributed by atoms with Crippen molar-refractivity contribution in [2.75, 3.05) is 23.4 Å². The topological polar surface area (TPSA) is 119 Å². The van der Waals surface area contributed by atoms with Crippen molar-refractivity contribution in [2.45, 2.75) is 31.1 Å². The number of anilines is 3. The Balaban J connectivity index is 1.67. The van der Waals surface area contributed by atoms with Crippen LogP contribution in [0.5, 0.6) is 11.5 Å². The van der Waals surface area contributed by atoms with Crippen LogP contribution in [0.4, 0.5) is 21.8 Å². The van der Waals surface area contributed by atoms with Crippen LogP contribution in [0.2, 0.25) is 0 Å². The van der Waals surface area contributed by atoms with Gasteiger partial charge in [0.2, 0.25) is 0 Å². The minimum absolute atomic E-state index is 0.0757. The molecular formula is C24H25FN6O3S. The smallest absolute Gasteiger partial charge is 0.182 e. The first kappa shape index (κ1) is 24.3. The van der Waals surface area contributed by atoms with E-state index in [0.717, 1.165) is 12.8 Å². The van der Waals surface area contributed by atoms with Crippen molar-refractivity contribution >= 4 is 38.2 Å². The molecule has 2 N–H and O–H groups in total. The molecule has 0 amide bonds. The molecule has 0 unspecified atom stereocenters. The molecule has 0 radical (unpaired) electrons. The number of nitrogens with one attached hydrogen (secondary N) is 2. The quantitative estimate of drug-likeness (QED) is 0.289. The number of benzene rings is 2. The first-order valence-electron chi connectivity index (χ1n) is 11.1. The molecule has 2 aromatic heterocycles. The summed E-state index contributed by atoms with van der Waals surface area (Å²) in [5, 5.41) is 6.56. The van der Waals surface area contributed by atoms with E-state index in [1.165, 1.54) is 24.5 Å². The molecule has 0 atom stereocenters. The maximum atomic E-state index is 14.8. The molecule has 0 spiro atoms. The van der Waals surface area contributed by atoms with Gasteiger partial charge in [-0.15, -0.1) is 0 Å². The van der Waals surface area contributed by atoms with Crippen molar-refractivity contribution < 1.29 is 17.5 Å². The lowest BCUT2D eigenvalue weighted by Gasteiger charge is -2.14. The van der Waals surface area contributed by atoms with Crippen LogP contribution in [0.15, 0.2) is 60.0 Å². The van der Waals surface area contributed by atoms with Gasteiger partial charge in [-0.25, -0.2) is 32.7 Å². The molecular weight excluding hydrogens is 471 g/mol. The Hall–Kier alpha value is -3.86. The number of unbranched alkanes of at least 4 members (excludes halogenated alkanes) is 2. The van der Waals surface area contributed by atoms with Crippen LogP contribution in [0, 0.1) is 5.82 Å². The van der Waals surface area contributed by atoms with E-state index in [0.29, 0.717) is 34.8 Å². The largest absolute Gasteiger partial charge is 0.453 e. The Morgan fingerprint density at radius 1 is 1.00 bits per heavy atom. The second-order valence-electron chi connectivity index (χ2n) is 7.76. The highest BCUT2D eigenvalue weighted by Gasteiger charge is 2.23. The number of hydrogen-bond acceptors (Lipinski definition) is 9. The Labute approximate surface area is 202 Å². The van der Waals surface area contributed by atoms with E-state index in [1.54, 1.807) is 37.6 Å². The molecule has 182 valence electrons. The zero-order valence-electron chi connectivity index (χ0n) is 19.3. The predicted molar refractivity (Wildman–Crippen MR) is 132 cm³/mol. The van der Waals surface area contributed by atoms with Gasteiger partial charge in [-0.2, -0.15) is 0 Å². The van der Waals surface area contributed by atoms with Gasteiger partial charge >= 0.3 is 0 Å². The van der Waals surface area contributed by atoms with Crippen molar-refractivity contribution in [1.29, 1.82) is 0 Å². The number of sulfone groups is 1. The Kier molecular flexibility index (Phi) is 7.35. The minimum Gasteiger partial charge on any atom is -0.453 e. The Morgan fingerprint density at radius 2 is 1.80 bits per heavy atom. The number of ether oxygens (including phenoxy) is 1. The Bertz CT molecular complexity index is 1430. The van der Waals surface area contributed by atoms with Crippen LogP contribution < -0.4 is 15.4 Å². The van der Waals surface area contributed by atoms with Gasteiger partial charge in [0.1, 0.15) is 34.4 Å². The fourth-order valence-electron chi connectivity index (χ4n) is 3.44. The molecule has 35 heavy (non-hydrogen) atoms. The van der Waals surface area contributed by atoms with E-state index in [2.05, 4.69) is 30.6 Å². The molecule has 0 aliphatic rings. The summed E-state index contributed by atoms with van der Waals surface area (Å²) in [7, 11) is -1.98. The van der Waals surface area contributed by atoms with E-state index >= 15 is 0 Å². The number of rotatable bonds is 10. The molecule has 0 saturated heterocycles. The van der Waals surface area contributed by atoms with E-state index < -0.39 is 15.7 Å². The zero-order valence-corrected chi connectivity index (χ0v) is 20.1. The van der Waals surface area contributed by atoms with E-state index in [4.69, 9.17) is 4.74 Å². The van der Waals surface area contributed by atoms with Gasteiger partial charge in [-0.1, -0.05) is 25.8 Å². The van der Waals surface area contributed by atoms with Gasteiger partial charge < -0.3 is 15.4 Å². The summed E-state index contributed by atoms with van der Waals surface area (Å²) in [4.78, 5) is 16.9.